The van der Waals surface area contributed by atoms with Crippen molar-refractivity contribution in [2.24, 2.45) is 0 Å². The van der Waals surface area contributed by atoms with Gasteiger partial charge in [0, 0.05) is 19.2 Å². The first-order chi connectivity index (χ1) is 13.0. The molecule has 0 aliphatic carbocycles. The Hall–Kier alpha value is -3.55. The van der Waals surface area contributed by atoms with E-state index in [1.54, 1.807) is 24.3 Å². The van der Waals surface area contributed by atoms with Crippen molar-refractivity contribution in [3.63, 3.8) is 0 Å². The summed E-state index contributed by atoms with van der Waals surface area (Å²) in [6.45, 7) is 1.42. The van der Waals surface area contributed by atoms with Crippen molar-refractivity contribution >= 4 is 23.5 Å². The topological polar surface area (TPSA) is 103 Å². The maximum Gasteiger partial charge on any atom is 0.338 e. The molecule has 2 aromatic rings. The van der Waals surface area contributed by atoms with Crippen molar-refractivity contribution in [2.45, 2.75) is 13.5 Å². The summed E-state index contributed by atoms with van der Waals surface area (Å²) in [6.07, 6.45) is 0. The molecule has 0 saturated heterocycles. The molecule has 3 rings (SSSR count). The second-order valence-electron chi connectivity index (χ2n) is 5.80. The molecule has 2 aromatic carbocycles. The summed E-state index contributed by atoms with van der Waals surface area (Å²) in [6, 6.07) is 11.6. The molecule has 0 spiro atoms. The largest absolute Gasteiger partial charge is 0.454 e. The third-order valence-corrected chi connectivity index (χ3v) is 3.68. The lowest BCUT2D eigenvalue weighted by molar-refractivity contribution is -0.124. The fraction of sp³-hybridized carbons (Fsp3) is 0.211. The number of rotatable bonds is 6. The number of carbonyl (C=O) groups excluding carboxylic acids is 3. The number of amides is 2. The summed E-state index contributed by atoms with van der Waals surface area (Å²) in [5, 5.41) is 5.24. The monoisotopic (exact) mass is 370 g/mol. The van der Waals surface area contributed by atoms with Gasteiger partial charge in [-0.15, -0.1) is 0 Å². The average Bonchev–Trinajstić information content (AvgIpc) is 3.12. The Morgan fingerprint density at radius 3 is 2.70 bits per heavy atom. The molecule has 0 saturated carbocycles. The Morgan fingerprint density at radius 1 is 1.07 bits per heavy atom. The molecule has 0 unspecified atom stereocenters. The lowest BCUT2D eigenvalue weighted by Crippen LogP contribution is -2.28. The summed E-state index contributed by atoms with van der Waals surface area (Å²) in [5.74, 6) is -0.0318. The van der Waals surface area contributed by atoms with Gasteiger partial charge in [-0.1, -0.05) is 12.1 Å². The standard InChI is InChI=1S/C19H18N2O6/c1-12(22)21-15-4-2-3-14(8-15)19(24)25-10-18(23)20-9-13-5-6-16-17(7-13)27-11-26-16/h2-8H,9-11H2,1H3,(H,20,23)(H,21,22). The van der Waals surface area contributed by atoms with Gasteiger partial charge in [-0.05, 0) is 35.9 Å². The zero-order valence-electron chi connectivity index (χ0n) is 14.6. The highest BCUT2D eigenvalue weighted by atomic mass is 16.7. The molecule has 0 fully saturated rings. The van der Waals surface area contributed by atoms with E-state index in [9.17, 15) is 14.4 Å². The molecule has 27 heavy (non-hydrogen) atoms. The van der Waals surface area contributed by atoms with Gasteiger partial charge >= 0.3 is 5.97 Å². The van der Waals surface area contributed by atoms with Gasteiger partial charge in [0.1, 0.15) is 0 Å². The van der Waals surface area contributed by atoms with Gasteiger partial charge in [0.05, 0.1) is 5.56 Å². The summed E-state index contributed by atoms with van der Waals surface area (Å²) < 4.78 is 15.5. The van der Waals surface area contributed by atoms with Crippen LogP contribution in [0.4, 0.5) is 5.69 Å². The van der Waals surface area contributed by atoms with E-state index in [0.29, 0.717) is 17.2 Å². The number of benzene rings is 2. The van der Waals surface area contributed by atoms with Crippen LogP contribution in [0.15, 0.2) is 42.5 Å². The first kappa shape index (κ1) is 18.2. The van der Waals surface area contributed by atoms with Gasteiger partial charge in [-0.2, -0.15) is 0 Å². The summed E-state index contributed by atoms with van der Waals surface area (Å²) >= 11 is 0. The molecule has 140 valence electrons. The molecule has 0 radical (unpaired) electrons. The number of fused-ring (bicyclic) bond motifs is 1. The normalized spacial score (nSPS) is 11.6. The van der Waals surface area contributed by atoms with E-state index in [-0.39, 0.29) is 24.8 Å². The smallest absolute Gasteiger partial charge is 0.338 e. The maximum atomic E-state index is 12.0. The molecule has 1 aliphatic rings. The SMILES string of the molecule is CC(=O)Nc1cccc(C(=O)OCC(=O)NCc2ccc3c(c2)OCO3)c1. The van der Waals surface area contributed by atoms with E-state index < -0.39 is 18.5 Å². The molecule has 0 bridgehead atoms. The quantitative estimate of drug-likeness (QED) is 0.752. The third-order valence-electron chi connectivity index (χ3n) is 3.68. The van der Waals surface area contributed by atoms with Crippen LogP contribution in [0.5, 0.6) is 11.5 Å². The van der Waals surface area contributed by atoms with E-state index in [4.69, 9.17) is 14.2 Å². The van der Waals surface area contributed by atoms with Crippen LogP contribution in [0.1, 0.15) is 22.8 Å². The molecular formula is C19H18N2O6. The molecule has 0 aromatic heterocycles. The maximum absolute atomic E-state index is 12.0. The molecule has 2 N–H and O–H groups in total. The number of hydrogen-bond acceptors (Lipinski definition) is 6. The minimum absolute atomic E-state index is 0.185. The highest BCUT2D eigenvalue weighted by Crippen LogP contribution is 2.32. The van der Waals surface area contributed by atoms with Crippen LogP contribution in [-0.2, 0) is 20.9 Å². The second kappa shape index (κ2) is 8.22. The van der Waals surface area contributed by atoms with Crippen LogP contribution >= 0.6 is 0 Å². The number of esters is 1. The number of nitrogens with one attached hydrogen (secondary N) is 2. The van der Waals surface area contributed by atoms with Crippen LogP contribution in [0, 0.1) is 0 Å². The fourth-order valence-electron chi connectivity index (χ4n) is 2.44. The van der Waals surface area contributed by atoms with E-state index in [1.165, 1.54) is 19.1 Å². The van der Waals surface area contributed by atoms with E-state index in [0.717, 1.165) is 5.56 Å². The highest BCUT2D eigenvalue weighted by Gasteiger charge is 2.14. The number of ether oxygens (including phenoxy) is 3. The van der Waals surface area contributed by atoms with Gasteiger partial charge in [0.25, 0.3) is 5.91 Å². The fourth-order valence-corrected chi connectivity index (χ4v) is 2.44. The Morgan fingerprint density at radius 2 is 1.89 bits per heavy atom. The van der Waals surface area contributed by atoms with E-state index >= 15 is 0 Å². The van der Waals surface area contributed by atoms with Crippen molar-refractivity contribution in [3.05, 3.63) is 53.6 Å². The molecule has 2 amide bonds. The van der Waals surface area contributed by atoms with Gasteiger partial charge in [0.15, 0.2) is 18.1 Å². The lowest BCUT2D eigenvalue weighted by atomic mass is 10.2. The first-order valence-corrected chi connectivity index (χ1v) is 8.21. The molecular weight excluding hydrogens is 352 g/mol. The predicted octanol–water partition coefficient (Wildman–Crippen LogP) is 1.85. The second-order valence-corrected chi connectivity index (χ2v) is 5.80. The van der Waals surface area contributed by atoms with Crippen molar-refractivity contribution in [2.75, 3.05) is 18.7 Å². The third kappa shape index (κ3) is 4.97. The molecule has 1 aliphatic heterocycles. The minimum atomic E-state index is -0.652. The van der Waals surface area contributed by atoms with E-state index in [1.807, 2.05) is 6.07 Å². The Kier molecular flexibility index (Phi) is 5.55. The number of anilines is 1. The van der Waals surface area contributed by atoms with Gasteiger partial charge in [0.2, 0.25) is 12.7 Å². The summed E-state index contributed by atoms with van der Waals surface area (Å²) in [5.41, 5.74) is 1.55. The van der Waals surface area contributed by atoms with Crippen LogP contribution in [0.2, 0.25) is 0 Å². The molecule has 8 nitrogen and oxygen atoms in total. The zero-order chi connectivity index (χ0) is 19.2. The van der Waals surface area contributed by atoms with Crippen molar-refractivity contribution < 1.29 is 28.6 Å². The molecule has 0 atom stereocenters. The summed E-state index contributed by atoms with van der Waals surface area (Å²) in [7, 11) is 0. The first-order valence-electron chi connectivity index (χ1n) is 8.21. The van der Waals surface area contributed by atoms with Crippen molar-refractivity contribution in [3.8, 4) is 11.5 Å². The summed E-state index contributed by atoms with van der Waals surface area (Å²) in [4.78, 5) is 35.0. The zero-order valence-corrected chi connectivity index (χ0v) is 14.6. The molecule has 8 heteroatoms. The van der Waals surface area contributed by atoms with E-state index in [2.05, 4.69) is 10.6 Å². The van der Waals surface area contributed by atoms with Gasteiger partial charge in [-0.25, -0.2) is 4.79 Å². The highest BCUT2D eigenvalue weighted by molar-refractivity contribution is 5.94. The Labute approximate surface area is 155 Å². The van der Waals surface area contributed by atoms with Crippen LogP contribution in [0.3, 0.4) is 0 Å². The van der Waals surface area contributed by atoms with Gasteiger partial charge < -0.3 is 24.8 Å². The van der Waals surface area contributed by atoms with Crippen molar-refractivity contribution in [1.29, 1.82) is 0 Å². The van der Waals surface area contributed by atoms with Gasteiger partial charge in [-0.3, -0.25) is 9.59 Å². The number of hydrogen-bond donors (Lipinski definition) is 2. The Bertz CT molecular complexity index is 880. The molecule has 1 heterocycles. The van der Waals surface area contributed by atoms with Crippen LogP contribution < -0.4 is 20.1 Å². The average molecular weight is 370 g/mol. The van der Waals surface area contributed by atoms with Crippen LogP contribution in [-0.4, -0.2) is 31.2 Å². The predicted molar refractivity (Wildman–Crippen MR) is 95.4 cm³/mol. The minimum Gasteiger partial charge on any atom is -0.454 e. The lowest BCUT2D eigenvalue weighted by Gasteiger charge is -2.08. The Balaban J connectivity index is 1.47. The van der Waals surface area contributed by atoms with Crippen molar-refractivity contribution in [1.82, 2.24) is 5.32 Å². The number of carbonyl (C=O) groups is 3. The van der Waals surface area contributed by atoms with Crippen LogP contribution in [0.25, 0.3) is 0 Å².